The molecule has 0 bridgehead atoms. The van der Waals surface area contributed by atoms with Crippen LogP contribution in [0.3, 0.4) is 0 Å². The molecule has 0 atom stereocenters. The molecule has 9 heteroatoms. The molecule has 0 saturated heterocycles. The molecule has 146 valence electrons. The molecule has 0 radical (unpaired) electrons. The van der Waals surface area contributed by atoms with E-state index in [-0.39, 0.29) is 12.4 Å². The van der Waals surface area contributed by atoms with E-state index in [1.165, 1.54) is 0 Å². The summed E-state index contributed by atoms with van der Waals surface area (Å²) in [6.45, 7) is 2.11. The second-order valence-electron chi connectivity index (χ2n) is 6.52. The fourth-order valence-corrected chi connectivity index (χ4v) is 3.07. The summed E-state index contributed by atoms with van der Waals surface area (Å²) in [5.41, 5.74) is 9.04. The Balaban J connectivity index is 1.43. The summed E-state index contributed by atoms with van der Waals surface area (Å²) >= 11 is 6.00. The first-order chi connectivity index (χ1) is 14.0. The first-order valence-electron chi connectivity index (χ1n) is 8.85. The van der Waals surface area contributed by atoms with Gasteiger partial charge in [0.25, 0.3) is 0 Å². The van der Waals surface area contributed by atoms with Crippen molar-refractivity contribution in [2.75, 3.05) is 5.73 Å². The number of carbonyl (C=O) groups is 1. The number of hydrogen-bond acceptors (Lipinski definition) is 7. The van der Waals surface area contributed by atoms with Gasteiger partial charge >= 0.3 is 11.8 Å². The summed E-state index contributed by atoms with van der Waals surface area (Å²) in [6, 6.07) is 11.1. The molecule has 0 saturated carbocycles. The van der Waals surface area contributed by atoms with Crippen LogP contribution in [0.1, 0.15) is 33.4 Å². The third-order valence-electron chi connectivity index (χ3n) is 4.38. The molecular weight excluding hydrogens is 392 g/mol. The van der Waals surface area contributed by atoms with Crippen LogP contribution < -0.4 is 11.1 Å². The van der Waals surface area contributed by atoms with Gasteiger partial charge in [-0.05, 0) is 42.3 Å². The number of nitrogens with one attached hydrogen (secondary N) is 1. The first-order valence-corrected chi connectivity index (χ1v) is 9.22. The molecule has 0 aliphatic heterocycles. The quantitative estimate of drug-likeness (QED) is 0.520. The lowest BCUT2D eigenvalue weighted by Gasteiger charge is -2.06. The number of fused-ring (bicyclic) bond motifs is 1. The van der Waals surface area contributed by atoms with E-state index in [9.17, 15) is 4.79 Å². The van der Waals surface area contributed by atoms with E-state index in [2.05, 4.69) is 25.5 Å². The molecule has 0 fully saturated rings. The number of anilines is 1. The molecule has 1 aromatic carbocycles. The number of aryl methyl sites for hydroxylation is 1. The minimum atomic E-state index is -0.450. The number of carbonyl (C=O) groups excluding carboxylic acids is 1. The van der Waals surface area contributed by atoms with Crippen LogP contribution in [0.4, 0.5) is 5.82 Å². The topological polar surface area (TPSA) is 120 Å². The molecular formula is C20H17ClN6O2. The van der Waals surface area contributed by atoms with Crippen LogP contribution in [0.25, 0.3) is 10.9 Å². The minimum absolute atomic E-state index is 0.0912. The average Bonchev–Trinajstić information content (AvgIpc) is 3.15. The molecule has 0 unspecified atom stereocenters. The third kappa shape index (κ3) is 4.33. The van der Waals surface area contributed by atoms with E-state index in [1.54, 1.807) is 12.3 Å². The van der Waals surface area contributed by atoms with Crippen LogP contribution in [-0.2, 0) is 13.0 Å². The molecule has 3 N–H and O–H groups in total. The van der Waals surface area contributed by atoms with E-state index >= 15 is 0 Å². The highest BCUT2D eigenvalue weighted by atomic mass is 35.5. The van der Waals surface area contributed by atoms with Crippen LogP contribution in [0.15, 0.2) is 47.0 Å². The van der Waals surface area contributed by atoms with Crippen LogP contribution in [0.5, 0.6) is 0 Å². The molecule has 3 heterocycles. The second-order valence-corrected chi connectivity index (χ2v) is 6.96. The summed E-state index contributed by atoms with van der Waals surface area (Å²) in [4.78, 5) is 20.7. The molecule has 4 rings (SSSR count). The van der Waals surface area contributed by atoms with Gasteiger partial charge in [0.1, 0.15) is 5.82 Å². The van der Waals surface area contributed by atoms with Crippen molar-refractivity contribution in [3.05, 3.63) is 76.2 Å². The first kappa shape index (κ1) is 18.8. The predicted octanol–water partition coefficient (Wildman–Crippen LogP) is 3.08. The Morgan fingerprint density at radius 3 is 2.90 bits per heavy atom. The summed E-state index contributed by atoms with van der Waals surface area (Å²) < 4.78 is 5.51. The number of nitrogens with two attached hydrogens (primary N) is 1. The summed E-state index contributed by atoms with van der Waals surface area (Å²) in [7, 11) is 0. The molecule has 3 aromatic heterocycles. The maximum Gasteiger partial charge on any atom is 0.309 e. The smallest absolute Gasteiger partial charge is 0.309 e. The second kappa shape index (κ2) is 7.84. The third-order valence-corrected chi connectivity index (χ3v) is 4.59. The van der Waals surface area contributed by atoms with Crippen molar-refractivity contribution in [1.29, 1.82) is 0 Å². The molecule has 0 aliphatic rings. The SMILES string of the molecule is Cc1nc(N)ccc1CNC(=O)c1nnc(Cc2ccc3ncc(Cl)cc3c2)o1. The number of hydrogen-bond donors (Lipinski definition) is 2. The number of pyridine rings is 2. The molecule has 29 heavy (non-hydrogen) atoms. The van der Waals surface area contributed by atoms with Gasteiger partial charge in [-0.15, -0.1) is 10.2 Å². The van der Waals surface area contributed by atoms with Crippen molar-refractivity contribution in [3.8, 4) is 0 Å². The van der Waals surface area contributed by atoms with E-state index in [4.69, 9.17) is 21.8 Å². The van der Waals surface area contributed by atoms with Crippen molar-refractivity contribution in [2.24, 2.45) is 0 Å². The molecule has 0 aliphatic carbocycles. The van der Waals surface area contributed by atoms with Crippen LogP contribution >= 0.6 is 11.6 Å². The Morgan fingerprint density at radius 1 is 1.21 bits per heavy atom. The largest absolute Gasteiger partial charge is 0.417 e. The fraction of sp³-hybridized carbons (Fsp3) is 0.150. The van der Waals surface area contributed by atoms with Gasteiger partial charge in [0, 0.05) is 23.8 Å². The summed E-state index contributed by atoms with van der Waals surface area (Å²) in [6.07, 6.45) is 2.00. The highest BCUT2D eigenvalue weighted by molar-refractivity contribution is 6.31. The fourth-order valence-electron chi connectivity index (χ4n) is 2.90. The standard InChI is InChI=1S/C20H17ClN6O2/c1-11-13(3-5-17(22)25-11)9-24-19(28)20-27-26-18(29-20)7-12-2-4-16-14(6-12)8-15(21)10-23-16/h2-6,8,10H,7,9H2,1H3,(H2,22,25)(H,24,28). The van der Waals surface area contributed by atoms with Gasteiger partial charge in [-0.25, -0.2) is 4.98 Å². The molecule has 8 nitrogen and oxygen atoms in total. The lowest BCUT2D eigenvalue weighted by Crippen LogP contribution is -2.23. The average molecular weight is 409 g/mol. The van der Waals surface area contributed by atoms with E-state index < -0.39 is 5.91 Å². The van der Waals surface area contributed by atoms with Gasteiger partial charge in [0.15, 0.2) is 0 Å². The van der Waals surface area contributed by atoms with Crippen LogP contribution in [0.2, 0.25) is 5.02 Å². The number of benzene rings is 1. The zero-order valence-corrected chi connectivity index (χ0v) is 16.3. The maximum absolute atomic E-state index is 12.3. The van der Waals surface area contributed by atoms with Gasteiger partial charge in [-0.1, -0.05) is 23.7 Å². The van der Waals surface area contributed by atoms with Crippen molar-refractivity contribution >= 4 is 34.2 Å². The number of nitrogen functional groups attached to an aromatic ring is 1. The monoisotopic (exact) mass is 408 g/mol. The predicted molar refractivity (Wildman–Crippen MR) is 108 cm³/mol. The zero-order chi connectivity index (χ0) is 20.4. The van der Waals surface area contributed by atoms with Gasteiger partial charge < -0.3 is 15.5 Å². The lowest BCUT2D eigenvalue weighted by molar-refractivity contribution is 0.0914. The Hall–Kier alpha value is -3.52. The van der Waals surface area contributed by atoms with E-state index in [0.29, 0.717) is 23.2 Å². The van der Waals surface area contributed by atoms with Crippen LogP contribution in [0, 0.1) is 6.92 Å². The minimum Gasteiger partial charge on any atom is -0.417 e. The molecule has 4 aromatic rings. The molecule has 1 amide bonds. The number of amides is 1. The number of aromatic nitrogens is 4. The number of halogens is 1. The van der Waals surface area contributed by atoms with E-state index in [1.807, 2.05) is 37.3 Å². The van der Waals surface area contributed by atoms with Crippen molar-refractivity contribution in [2.45, 2.75) is 19.9 Å². The van der Waals surface area contributed by atoms with Gasteiger partial charge in [-0.3, -0.25) is 9.78 Å². The normalized spacial score (nSPS) is 11.0. The summed E-state index contributed by atoms with van der Waals surface area (Å²) in [5.74, 6) is 0.238. The van der Waals surface area contributed by atoms with E-state index in [0.717, 1.165) is 27.7 Å². The van der Waals surface area contributed by atoms with Crippen molar-refractivity contribution < 1.29 is 9.21 Å². The van der Waals surface area contributed by atoms with Crippen molar-refractivity contribution in [3.63, 3.8) is 0 Å². The maximum atomic E-state index is 12.3. The zero-order valence-electron chi connectivity index (χ0n) is 15.5. The van der Waals surface area contributed by atoms with Gasteiger partial charge in [-0.2, -0.15) is 0 Å². The van der Waals surface area contributed by atoms with Crippen molar-refractivity contribution in [1.82, 2.24) is 25.5 Å². The number of rotatable bonds is 5. The lowest BCUT2D eigenvalue weighted by atomic mass is 10.1. The summed E-state index contributed by atoms with van der Waals surface area (Å²) in [5, 5.41) is 12.0. The highest BCUT2D eigenvalue weighted by Gasteiger charge is 2.15. The Labute approximate surface area is 171 Å². The Bertz CT molecular complexity index is 1210. The highest BCUT2D eigenvalue weighted by Crippen LogP contribution is 2.19. The Kier molecular flexibility index (Phi) is 5.09. The number of nitrogens with zero attached hydrogens (tertiary/aromatic N) is 4. The van der Waals surface area contributed by atoms with Gasteiger partial charge in [0.05, 0.1) is 17.0 Å². The van der Waals surface area contributed by atoms with Gasteiger partial charge in [0.2, 0.25) is 5.89 Å². The Morgan fingerprint density at radius 2 is 2.07 bits per heavy atom. The molecule has 0 spiro atoms. The van der Waals surface area contributed by atoms with Crippen LogP contribution in [-0.4, -0.2) is 26.1 Å².